The molecule has 1 aliphatic rings. The van der Waals surface area contributed by atoms with Gasteiger partial charge in [0.25, 0.3) is 5.82 Å². The van der Waals surface area contributed by atoms with E-state index in [-0.39, 0.29) is 5.91 Å². The van der Waals surface area contributed by atoms with Gasteiger partial charge in [-0.2, -0.15) is 13.2 Å². The molecular formula is C19H19F3N3O+. The third-order valence-corrected chi connectivity index (χ3v) is 4.26. The van der Waals surface area contributed by atoms with Crippen LogP contribution >= 0.6 is 0 Å². The number of carbonyl (C=O) groups excluding carboxylic acids is 1. The maximum Gasteiger partial charge on any atom is 0.416 e. The van der Waals surface area contributed by atoms with Gasteiger partial charge >= 0.3 is 6.18 Å². The van der Waals surface area contributed by atoms with Crippen molar-refractivity contribution in [3.63, 3.8) is 0 Å². The van der Waals surface area contributed by atoms with Crippen LogP contribution in [0, 0.1) is 0 Å². The Hall–Kier alpha value is -2.83. The minimum atomic E-state index is -4.39. The highest BCUT2D eigenvalue weighted by Gasteiger charge is 2.30. The summed E-state index contributed by atoms with van der Waals surface area (Å²) in [5, 5.41) is 0. The monoisotopic (exact) mass is 362 g/mol. The third kappa shape index (κ3) is 4.41. The zero-order valence-electron chi connectivity index (χ0n) is 14.0. The summed E-state index contributed by atoms with van der Waals surface area (Å²) in [6.45, 7) is 2.52. The Morgan fingerprint density at radius 2 is 1.81 bits per heavy atom. The fourth-order valence-electron chi connectivity index (χ4n) is 2.84. The van der Waals surface area contributed by atoms with Crippen molar-refractivity contribution in [1.29, 1.82) is 0 Å². The Bertz CT molecular complexity index is 782. The van der Waals surface area contributed by atoms with Gasteiger partial charge in [0.2, 0.25) is 5.91 Å². The number of nitrogens with zero attached hydrogens (tertiary/aromatic N) is 2. The highest BCUT2D eigenvalue weighted by Crippen LogP contribution is 2.29. The average molecular weight is 362 g/mol. The van der Waals surface area contributed by atoms with E-state index in [0.717, 1.165) is 18.0 Å². The molecule has 3 rings (SSSR count). The number of piperazine rings is 1. The minimum Gasteiger partial charge on any atom is -0.331 e. The summed E-state index contributed by atoms with van der Waals surface area (Å²) >= 11 is 0. The first kappa shape index (κ1) is 18.0. The number of carbonyl (C=O) groups is 1. The molecule has 1 N–H and O–H groups in total. The lowest BCUT2D eigenvalue weighted by molar-refractivity contribution is -0.364. The molecule has 26 heavy (non-hydrogen) atoms. The van der Waals surface area contributed by atoms with Crippen LogP contribution in [0.3, 0.4) is 0 Å². The Kier molecular flexibility index (Phi) is 5.25. The van der Waals surface area contributed by atoms with Crippen LogP contribution < -0.4 is 9.88 Å². The van der Waals surface area contributed by atoms with Crippen molar-refractivity contribution in [3.05, 3.63) is 65.9 Å². The molecule has 0 bridgehead atoms. The maximum atomic E-state index is 12.7. The molecule has 4 nitrogen and oxygen atoms in total. The van der Waals surface area contributed by atoms with Gasteiger partial charge < -0.3 is 4.90 Å². The Morgan fingerprint density at radius 3 is 2.46 bits per heavy atom. The van der Waals surface area contributed by atoms with Gasteiger partial charge in [-0.3, -0.25) is 9.69 Å². The van der Waals surface area contributed by atoms with Gasteiger partial charge in [-0.05, 0) is 29.8 Å². The van der Waals surface area contributed by atoms with Gasteiger partial charge in [0, 0.05) is 12.1 Å². The van der Waals surface area contributed by atoms with Crippen molar-refractivity contribution in [3.8, 4) is 0 Å². The van der Waals surface area contributed by atoms with Gasteiger partial charge in [0.05, 0.1) is 24.8 Å². The normalized spacial score (nSPS) is 15.5. The maximum absolute atomic E-state index is 12.7. The van der Waals surface area contributed by atoms with Gasteiger partial charge in [0.1, 0.15) is 13.1 Å². The van der Waals surface area contributed by atoms with Crippen molar-refractivity contribution in [2.75, 3.05) is 31.1 Å². The number of rotatable bonds is 3. The molecule has 7 heteroatoms. The summed E-state index contributed by atoms with van der Waals surface area (Å²) in [6.07, 6.45) is 0.220. The molecule has 2 heterocycles. The number of hydrogen-bond acceptors (Lipinski definition) is 2. The molecule has 1 fully saturated rings. The van der Waals surface area contributed by atoms with E-state index in [1.54, 1.807) is 11.0 Å². The Balaban J connectivity index is 1.58. The van der Waals surface area contributed by atoms with E-state index in [2.05, 4.69) is 9.88 Å². The molecule has 136 valence electrons. The smallest absolute Gasteiger partial charge is 0.331 e. The molecule has 2 aromatic rings. The van der Waals surface area contributed by atoms with Gasteiger partial charge in [-0.15, -0.1) is 0 Å². The van der Waals surface area contributed by atoms with Gasteiger partial charge in [0.15, 0.2) is 0 Å². The van der Waals surface area contributed by atoms with Crippen LogP contribution in [0.25, 0.3) is 6.08 Å². The fourth-order valence-corrected chi connectivity index (χ4v) is 2.84. The van der Waals surface area contributed by atoms with E-state index in [1.165, 1.54) is 18.2 Å². The lowest BCUT2D eigenvalue weighted by Crippen LogP contribution is -2.49. The number of amides is 1. The zero-order chi connectivity index (χ0) is 18.6. The third-order valence-electron chi connectivity index (χ3n) is 4.26. The van der Waals surface area contributed by atoms with Crippen LogP contribution in [-0.4, -0.2) is 37.0 Å². The Labute approximate surface area is 149 Å². The first-order chi connectivity index (χ1) is 12.4. The standard InChI is InChI=1S/C19H18F3N3O/c20-19(21,22)16-5-3-4-15(14-16)7-8-18(26)25-12-10-24(11-13-25)17-6-1-2-9-23-17/h1-9,14H,10-13H2/p+1/b8-7+. The van der Waals surface area contributed by atoms with Crippen LogP contribution in [0.1, 0.15) is 11.1 Å². The number of benzene rings is 1. The van der Waals surface area contributed by atoms with Crippen LogP contribution in [0.5, 0.6) is 0 Å². The zero-order valence-corrected chi connectivity index (χ0v) is 14.0. The quantitative estimate of drug-likeness (QED) is 0.788. The molecule has 0 spiro atoms. The van der Waals surface area contributed by atoms with Crippen molar-refractivity contribution < 1.29 is 22.9 Å². The van der Waals surface area contributed by atoms with Crippen molar-refractivity contribution >= 4 is 17.8 Å². The van der Waals surface area contributed by atoms with E-state index >= 15 is 0 Å². The van der Waals surface area contributed by atoms with E-state index in [0.29, 0.717) is 31.7 Å². The van der Waals surface area contributed by atoms with Crippen molar-refractivity contribution in [2.45, 2.75) is 6.18 Å². The topological polar surface area (TPSA) is 37.7 Å². The molecular weight excluding hydrogens is 343 g/mol. The largest absolute Gasteiger partial charge is 0.416 e. The molecule has 1 amide bonds. The van der Waals surface area contributed by atoms with Crippen LogP contribution in [0.2, 0.25) is 0 Å². The van der Waals surface area contributed by atoms with E-state index in [1.807, 2.05) is 24.4 Å². The van der Waals surface area contributed by atoms with Gasteiger partial charge in [-0.25, -0.2) is 4.98 Å². The number of anilines is 1. The highest BCUT2D eigenvalue weighted by atomic mass is 19.4. The molecule has 1 saturated heterocycles. The number of pyridine rings is 1. The number of aromatic nitrogens is 1. The summed E-state index contributed by atoms with van der Waals surface area (Å²) < 4.78 is 38.2. The second kappa shape index (κ2) is 7.59. The molecule has 0 saturated carbocycles. The Morgan fingerprint density at radius 1 is 1.04 bits per heavy atom. The number of alkyl halides is 3. The number of aromatic amines is 1. The van der Waals surface area contributed by atoms with Crippen molar-refractivity contribution in [2.24, 2.45) is 0 Å². The number of nitrogens with one attached hydrogen (secondary N) is 1. The number of halogens is 3. The van der Waals surface area contributed by atoms with Crippen molar-refractivity contribution in [1.82, 2.24) is 4.90 Å². The number of hydrogen-bond donors (Lipinski definition) is 0. The van der Waals surface area contributed by atoms with Crippen LogP contribution in [-0.2, 0) is 11.0 Å². The van der Waals surface area contributed by atoms with Gasteiger partial charge in [-0.1, -0.05) is 18.2 Å². The average Bonchev–Trinajstić information content (AvgIpc) is 2.66. The van der Waals surface area contributed by atoms with E-state index < -0.39 is 11.7 Å². The molecule has 1 aromatic heterocycles. The lowest BCUT2D eigenvalue weighted by atomic mass is 10.1. The summed E-state index contributed by atoms with van der Waals surface area (Å²) in [4.78, 5) is 19.3. The summed E-state index contributed by atoms with van der Waals surface area (Å²) in [5.41, 5.74) is -0.370. The molecule has 0 unspecified atom stereocenters. The highest BCUT2D eigenvalue weighted by molar-refractivity contribution is 5.92. The van der Waals surface area contributed by atoms with E-state index in [4.69, 9.17) is 0 Å². The SMILES string of the molecule is O=C(/C=C/c1cccc(C(F)(F)F)c1)N1CCN(c2cccc[nH+]2)CC1. The summed E-state index contributed by atoms with van der Waals surface area (Å²) in [7, 11) is 0. The second-order valence-corrected chi connectivity index (χ2v) is 6.02. The molecule has 0 radical (unpaired) electrons. The first-order valence-electron chi connectivity index (χ1n) is 8.29. The predicted octanol–water partition coefficient (Wildman–Crippen LogP) is 2.88. The molecule has 0 aliphatic carbocycles. The minimum absolute atomic E-state index is 0.195. The van der Waals surface area contributed by atoms with Crippen LogP contribution in [0.15, 0.2) is 54.7 Å². The van der Waals surface area contributed by atoms with E-state index in [9.17, 15) is 18.0 Å². The predicted molar refractivity (Wildman–Crippen MR) is 92.3 cm³/mol. The number of H-pyrrole nitrogens is 1. The first-order valence-corrected chi connectivity index (χ1v) is 8.29. The lowest BCUT2D eigenvalue weighted by Gasteiger charge is -2.30. The summed E-state index contributed by atoms with van der Waals surface area (Å²) in [5.74, 6) is 0.804. The molecule has 1 aliphatic heterocycles. The second-order valence-electron chi connectivity index (χ2n) is 6.02. The fraction of sp³-hybridized carbons (Fsp3) is 0.263. The molecule has 1 aromatic carbocycles. The molecule has 0 atom stereocenters. The summed E-state index contributed by atoms with van der Waals surface area (Å²) in [6, 6.07) is 10.8. The van der Waals surface area contributed by atoms with Crippen LogP contribution in [0.4, 0.5) is 19.0 Å².